The van der Waals surface area contributed by atoms with Crippen LogP contribution in [0.3, 0.4) is 0 Å². The van der Waals surface area contributed by atoms with Gasteiger partial charge in [-0.05, 0) is 18.2 Å². The summed E-state index contributed by atoms with van der Waals surface area (Å²) in [5.74, 6) is 0. The SMILES string of the molecule is CCC(N)(CC)C1(CC)[B]C1(N)N. The number of nitrogens with two attached hydrogens (primary N) is 3. The molecule has 1 radical (unpaired) electrons. The maximum Gasteiger partial charge on any atom is 0.169 e. The summed E-state index contributed by atoms with van der Waals surface area (Å²) in [4.78, 5) is 0. The zero-order chi connectivity index (χ0) is 10.3. The normalized spacial score (nSPS) is 31.2. The lowest BCUT2D eigenvalue weighted by Gasteiger charge is -2.39. The lowest BCUT2D eigenvalue weighted by Crippen LogP contribution is -2.52. The van der Waals surface area contributed by atoms with Crippen LogP contribution in [-0.2, 0) is 0 Å². The minimum atomic E-state index is -0.650. The topological polar surface area (TPSA) is 78.1 Å². The largest absolute Gasteiger partial charge is 0.325 e. The highest BCUT2D eigenvalue weighted by atomic mass is 15.1. The van der Waals surface area contributed by atoms with Crippen molar-refractivity contribution in [1.29, 1.82) is 0 Å². The van der Waals surface area contributed by atoms with Gasteiger partial charge in [-0.2, -0.15) is 0 Å². The molecule has 1 heterocycles. The molecule has 0 aromatic heterocycles. The van der Waals surface area contributed by atoms with Gasteiger partial charge in [0.1, 0.15) is 0 Å². The molecular weight excluding hydrogens is 161 g/mol. The van der Waals surface area contributed by atoms with E-state index in [1.165, 1.54) is 0 Å². The summed E-state index contributed by atoms with van der Waals surface area (Å²) in [7, 11) is 2.01. The average molecular weight is 182 g/mol. The molecule has 4 heteroatoms. The summed E-state index contributed by atoms with van der Waals surface area (Å²) in [5, 5.41) is -0.149. The average Bonchev–Trinajstić information content (AvgIpc) is 2.69. The van der Waals surface area contributed by atoms with Crippen molar-refractivity contribution in [1.82, 2.24) is 0 Å². The lowest BCUT2D eigenvalue weighted by molar-refractivity contribution is 0.264. The first-order valence-corrected chi connectivity index (χ1v) is 5.13. The minimum absolute atomic E-state index is 0.149. The molecule has 0 spiro atoms. The van der Waals surface area contributed by atoms with E-state index in [-0.39, 0.29) is 10.9 Å². The number of hydrogen-bond acceptors (Lipinski definition) is 3. The molecule has 1 aliphatic heterocycles. The van der Waals surface area contributed by atoms with E-state index in [4.69, 9.17) is 17.2 Å². The molecular formula is C9H21BN3. The molecule has 0 saturated carbocycles. The summed E-state index contributed by atoms with van der Waals surface area (Å²) < 4.78 is 0. The molecule has 75 valence electrons. The Morgan fingerprint density at radius 3 is 1.62 bits per heavy atom. The molecule has 1 fully saturated rings. The van der Waals surface area contributed by atoms with Gasteiger partial charge in [-0.3, -0.25) is 0 Å². The van der Waals surface area contributed by atoms with Crippen molar-refractivity contribution in [2.45, 2.75) is 56.4 Å². The van der Waals surface area contributed by atoms with Gasteiger partial charge >= 0.3 is 0 Å². The Bertz CT molecular complexity index is 201. The molecule has 1 unspecified atom stereocenters. The molecule has 0 aromatic carbocycles. The third kappa shape index (κ3) is 1.23. The highest BCUT2D eigenvalue weighted by Gasteiger charge is 2.70. The second kappa shape index (κ2) is 2.97. The third-order valence-electron chi connectivity index (χ3n) is 3.88. The van der Waals surface area contributed by atoms with Gasteiger partial charge < -0.3 is 17.2 Å². The fraction of sp³-hybridized carbons (Fsp3) is 1.00. The van der Waals surface area contributed by atoms with Crippen molar-refractivity contribution >= 4 is 7.28 Å². The van der Waals surface area contributed by atoms with E-state index in [0.29, 0.717) is 0 Å². The van der Waals surface area contributed by atoms with Gasteiger partial charge in [0.25, 0.3) is 0 Å². The summed E-state index contributed by atoms with van der Waals surface area (Å²) >= 11 is 0. The van der Waals surface area contributed by atoms with Gasteiger partial charge in [0, 0.05) is 11.1 Å². The van der Waals surface area contributed by atoms with Gasteiger partial charge in [0.15, 0.2) is 7.28 Å². The fourth-order valence-electron chi connectivity index (χ4n) is 2.59. The van der Waals surface area contributed by atoms with Crippen molar-refractivity contribution in [2.75, 3.05) is 0 Å². The van der Waals surface area contributed by atoms with Crippen LogP contribution in [0.5, 0.6) is 0 Å². The predicted molar refractivity (Wildman–Crippen MR) is 57.3 cm³/mol. The van der Waals surface area contributed by atoms with E-state index in [9.17, 15) is 0 Å². The second-order valence-electron chi connectivity index (χ2n) is 4.27. The van der Waals surface area contributed by atoms with E-state index in [1.54, 1.807) is 0 Å². The molecule has 0 amide bonds. The predicted octanol–water partition coefficient (Wildman–Crippen LogP) is 0.362. The van der Waals surface area contributed by atoms with Crippen LogP contribution in [0.2, 0.25) is 5.31 Å². The van der Waals surface area contributed by atoms with Crippen LogP contribution in [-0.4, -0.2) is 18.4 Å². The lowest BCUT2D eigenvalue weighted by atomic mass is 9.67. The summed E-state index contributed by atoms with van der Waals surface area (Å²) in [6.45, 7) is 6.30. The Morgan fingerprint density at radius 2 is 1.54 bits per heavy atom. The van der Waals surface area contributed by atoms with Crippen molar-refractivity contribution in [2.24, 2.45) is 17.2 Å². The van der Waals surface area contributed by atoms with Crippen LogP contribution in [0.1, 0.15) is 40.0 Å². The fourth-order valence-corrected chi connectivity index (χ4v) is 2.59. The Kier molecular flexibility index (Phi) is 2.52. The molecule has 0 aliphatic carbocycles. The zero-order valence-electron chi connectivity index (χ0n) is 8.93. The highest BCUT2D eigenvalue weighted by Crippen LogP contribution is 2.61. The van der Waals surface area contributed by atoms with Crippen LogP contribution in [0.4, 0.5) is 0 Å². The van der Waals surface area contributed by atoms with Gasteiger partial charge in [-0.15, -0.1) is 0 Å². The second-order valence-corrected chi connectivity index (χ2v) is 4.27. The zero-order valence-corrected chi connectivity index (χ0v) is 8.93. The molecule has 3 nitrogen and oxygen atoms in total. The van der Waals surface area contributed by atoms with Gasteiger partial charge in [0.2, 0.25) is 0 Å². The van der Waals surface area contributed by atoms with E-state index >= 15 is 0 Å². The first-order valence-electron chi connectivity index (χ1n) is 5.13. The Balaban J connectivity index is 2.91. The molecule has 1 aliphatic rings. The highest BCUT2D eigenvalue weighted by molar-refractivity contribution is 6.60. The van der Waals surface area contributed by atoms with E-state index in [2.05, 4.69) is 20.8 Å². The molecule has 1 saturated heterocycles. The van der Waals surface area contributed by atoms with Crippen molar-refractivity contribution < 1.29 is 0 Å². The standard InChI is InChI=1S/C9H21BN3/c1-4-7(11,5-2)8(6-3)9(12,13)10-8/h4-6,11-13H2,1-3H3. The maximum atomic E-state index is 6.33. The Morgan fingerprint density at radius 1 is 1.15 bits per heavy atom. The minimum Gasteiger partial charge on any atom is -0.325 e. The van der Waals surface area contributed by atoms with Crippen LogP contribution in [0, 0.1) is 0 Å². The Labute approximate surface area is 81.7 Å². The van der Waals surface area contributed by atoms with Gasteiger partial charge in [0.05, 0.1) is 0 Å². The molecule has 1 rings (SSSR count). The van der Waals surface area contributed by atoms with Crippen molar-refractivity contribution in [3.05, 3.63) is 0 Å². The molecule has 1 atom stereocenters. The van der Waals surface area contributed by atoms with E-state index in [1.807, 2.05) is 7.28 Å². The number of hydrogen-bond donors (Lipinski definition) is 3. The van der Waals surface area contributed by atoms with Crippen molar-refractivity contribution in [3.8, 4) is 0 Å². The third-order valence-corrected chi connectivity index (χ3v) is 3.88. The summed E-state index contributed by atoms with van der Waals surface area (Å²) in [6, 6.07) is 0. The van der Waals surface area contributed by atoms with Crippen LogP contribution >= 0.6 is 0 Å². The monoisotopic (exact) mass is 182 g/mol. The maximum absolute atomic E-state index is 6.33. The van der Waals surface area contributed by atoms with E-state index in [0.717, 1.165) is 19.3 Å². The number of rotatable bonds is 4. The molecule has 6 N–H and O–H groups in total. The van der Waals surface area contributed by atoms with Crippen molar-refractivity contribution in [3.63, 3.8) is 0 Å². The quantitative estimate of drug-likeness (QED) is 0.434. The summed E-state index contributed by atoms with van der Waals surface area (Å²) in [6.07, 6.45) is 2.77. The van der Waals surface area contributed by atoms with Crippen LogP contribution < -0.4 is 17.2 Å². The molecule has 0 bridgehead atoms. The Hall–Kier alpha value is -0.0551. The van der Waals surface area contributed by atoms with Crippen LogP contribution in [0.25, 0.3) is 0 Å². The molecule has 0 aromatic rings. The van der Waals surface area contributed by atoms with E-state index < -0.39 is 5.56 Å². The summed E-state index contributed by atoms with van der Waals surface area (Å²) in [5.41, 5.74) is 17.3. The first-order chi connectivity index (χ1) is 5.89. The van der Waals surface area contributed by atoms with Gasteiger partial charge in [-0.25, -0.2) is 0 Å². The van der Waals surface area contributed by atoms with Crippen LogP contribution in [0.15, 0.2) is 0 Å². The van der Waals surface area contributed by atoms with Gasteiger partial charge in [-0.1, -0.05) is 27.2 Å². The smallest absolute Gasteiger partial charge is 0.169 e. The molecule has 13 heavy (non-hydrogen) atoms. The first kappa shape index (κ1) is 11.0.